The first kappa shape index (κ1) is 14.9. The molecule has 0 radical (unpaired) electrons. The molecule has 6 heteroatoms. The summed E-state index contributed by atoms with van der Waals surface area (Å²) >= 11 is 5.98. The molecule has 0 spiro atoms. The first-order valence-corrected chi connectivity index (χ1v) is 6.92. The van der Waals surface area contributed by atoms with Crippen LogP contribution in [0.2, 0.25) is 5.02 Å². The van der Waals surface area contributed by atoms with Crippen LogP contribution in [-0.2, 0) is 12.0 Å². The molecular weight excluding hydrogens is 281 g/mol. The van der Waals surface area contributed by atoms with Crippen LogP contribution < -0.4 is 5.73 Å². The molecule has 0 aliphatic carbocycles. The first-order valence-electron chi connectivity index (χ1n) is 6.55. The van der Waals surface area contributed by atoms with Crippen molar-refractivity contribution >= 4 is 11.6 Å². The van der Waals surface area contributed by atoms with Gasteiger partial charge >= 0.3 is 0 Å². The van der Waals surface area contributed by atoms with E-state index in [9.17, 15) is 4.39 Å². The fourth-order valence-corrected chi connectivity index (χ4v) is 2.18. The lowest BCUT2D eigenvalue weighted by Gasteiger charge is -2.21. The van der Waals surface area contributed by atoms with Gasteiger partial charge in [-0.2, -0.15) is 4.98 Å². The van der Waals surface area contributed by atoms with Gasteiger partial charge < -0.3 is 10.3 Å². The highest BCUT2D eigenvalue weighted by Gasteiger charge is 2.29. The number of nitrogens with zero attached hydrogens (tertiary/aromatic N) is 2. The van der Waals surface area contributed by atoms with Crippen LogP contribution in [0.25, 0.3) is 0 Å². The summed E-state index contributed by atoms with van der Waals surface area (Å²) in [6, 6.07) is 4.53. The van der Waals surface area contributed by atoms with Crippen molar-refractivity contribution in [3.05, 3.63) is 46.3 Å². The average molecular weight is 298 g/mol. The molecule has 0 aliphatic heterocycles. The summed E-state index contributed by atoms with van der Waals surface area (Å²) in [4.78, 5) is 4.27. The molecule has 1 aromatic carbocycles. The van der Waals surface area contributed by atoms with E-state index in [-0.39, 0.29) is 12.2 Å². The molecule has 20 heavy (non-hydrogen) atoms. The van der Waals surface area contributed by atoms with E-state index in [0.717, 1.165) is 0 Å². The van der Waals surface area contributed by atoms with E-state index in [1.165, 1.54) is 6.07 Å². The minimum atomic E-state index is -0.610. The Labute approximate surface area is 122 Å². The molecule has 2 aromatic rings. The molecule has 0 unspecified atom stereocenters. The number of benzene rings is 1. The smallest absolute Gasteiger partial charge is 0.231 e. The summed E-state index contributed by atoms with van der Waals surface area (Å²) in [5.74, 6) is 0.371. The maximum Gasteiger partial charge on any atom is 0.231 e. The van der Waals surface area contributed by atoms with Crippen molar-refractivity contribution in [2.24, 2.45) is 5.73 Å². The van der Waals surface area contributed by atoms with Crippen LogP contribution in [0.5, 0.6) is 0 Å². The van der Waals surface area contributed by atoms with E-state index in [0.29, 0.717) is 35.1 Å². The molecule has 1 aromatic heterocycles. The molecule has 0 amide bonds. The number of nitrogens with two attached hydrogens (primary N) is 1. The van der Waals surface area contributed by atoms with E-state index in [1.807, 2.05) is 13.8 Å². The van der Waals surface area contributed by atoms with Gasteiger partial charge in [0.25, 0.3) is 0 Å². The van der Waals surface area contributed by atoms with Gasteiger partial charge in [0, 0.05) is 10.6 Å². The lowest BCUT2D eigenvalue weighted by Crippen LogP contribution is -2.36. The number of hydrogen-bond donors (Lipinski definition) is 1. The zero-order chi connectivity index (χ0) is 14.8. The predicted octanol–water partition coefficient (Wildman–Crippen LogP) is 3.43. The van der Waals surface area contributed by atoms with E-state index < -0.39 is 5.54 Å². The van der Waals surface area contributed by atoms with Gasteiger partial charge in [0.05, 0.1) is 12.0 Å². The average Bonchev–Trinajstić information content (AvgIpc) is 2.91. The quantitative estimate of drug-likeness (QED) is 0.918. The van der Waals surface area contributed by atoms with Crippen molar-refractivity contribution in [2.45, 2.75) is 38.6 Å². The Kier molecular flexibility index (Phi) is 4.40. The maximum atomic E-state index is 13.7. The molecule has 1 heterocycles. The van der Waals surface area contributed by atoms with E-state index >= 15 is 0 Å². The third-order valence-corrected chi connectivity index (χ3v) is 3.92. The minimum absolute atomic E-state index is 0.155. The first-order chi connectivity index (χ1) is 9.50. The third kappa shape index (κ3) is 2.83. The van der Waals surface area contributed by atoms with Gasteiger partial charge in [-0.25, -0.2) is 4.39 Å². The summed E-state index contributed by atoms with van der Waals surface area (Å²) in [7, 11) is 0. The summed E-state index contributed by atoms with van der Waals surface area (Å²) in [5.41, 5.74) is 5.94. The van der Waals surface area contributed by atoms with Crippen molar-refractivity contribution in [1.29, 1.82) is 0 Å². The van der Waals surface area contributed by atoms with Crippen LogP contribution in [-0.4, -0.2) is 10.1 Å². The number of halogens is 2. The van der Waals surface area contributed by atoms with Crippen LogP contribution in [0.1, 0.15) is 44.0 Å². The second-order valence-electron chi connectivity index (χ2n) is 4.75. The number of aromatic nitrogens is 2. The molecule has 0 saturated heterocycles. The van der Waals surface area contributed by atoms with Crippen LogP contribution in [0.3, 0.4) is 0 Å². The summed E-state index contributed by atoms with van der Waals surface area (Å²) in [6.45, 7) is 3.93. The fourth-order valence-electron chi connectivity index (χ4n) is 1.95. The van der Waals surface area contributed by atoms with Gasteiger partial charge in [-0.05, 0) is 25.0 Å². The van der Waals surface area contributed by atoms with Crippen LogP contribution in [0.4, 0.5) is 4.39 Å². The highest BCUT2D eigenvalue weighted by molar-refractivity contribution is 6.31. The highest BCUT2D eigenvalue weighted by Crippen LogP contribution is 2.25. The molecule has 0 saturated carbocycles. The van der Waals surface area contributed by atoms with Crippen LogP contribution in [0, 0.1) is 5.82 Å². The standard InChI is InChI=1S/C14H17ClFN3O/c1-3-14(17,4-2)13-18-12(20-19-13)8-9-10(15)6-5-7-11(9)16/h5-7H,3-4,8,17H2,1-2H3. The summed E-state index contributed by atoms with van der Waals surface area (Å²) in [6.07, 6.45) is 1.55. The van der Waals surface area contributed by atoms with E-state index in [1.54, 1.807) is 12.1 Å². The minimum Gasteiger partial charge on any atom is -0.339 e. The second kappa shape index (κ2) is 5.89. The maximum absolute atomic E-state index is 13.7. The largest absolute Gasteiger partial charge is 0.339 e. The monoisotopic (exact) mass is 297 g/mol. The molecule has 0 aliphatic rings. The van der Waals surface area contributed by atoms with Gasteiger partial charge in [0.2, 0.25) is 5.89 Å². The molecule has 4 nitrogen and oxygen atoms in total. The third-order valence-electron chi connectivity index (χ3n) is 3.56. The van der Waals surface area contributed by atoms with E-state index in [4.69, 9.17) is 21.9 Å². The Morgan fingerprint density at radius 3 is 2.65 bits per heavy atom. The second-order valence-corrected chi connectivity index (χ2v) is 5.16. The topological polar surface area (TPSA) is 64.9 Å². The summed E-state index contributed by atoms with van der Waals surface area (Å²) in [5, 5.41) is 4.25. The van der Waals surface area contributed by atoms with Gasteiger partial charge in [-0.15, -0.1) is 0 Å². The number of hydrogen-bond acceptors (Lipinski definition) is 4. The van der Waals surface area contributed by atoms with Crippen molar-refractivity contribution in [2.75, 3.05) is 0 Å². The lowest BCUT2D eigenvalue weighted by molar-refractivity contribution is 0.337. The SMILES string of the molecule is CCC(N)(CC)c1noc(Cc2c(F)cccc2Cl)n1. The molecule has 0 fully saturated rings. The van der Waals surface area contributed by atoms with Gasteiger partial charge in [-0.3, -0.25) is 0 Å². The molecule has 0 bridgehead atoms. The van der Waals surface area contributed by atoms with Crippen molar-refractivity contribution in [3.8, 4) is 0 Å². The Bertz CT molecular complexity index is 576. The van der Waals surface area contributed by atoms with Gasteiger partial charge in [-0.1, -0.05) is 36.7 Å². The van der Waals surface area contributed by atoms with Crippen molar-refractivity contribution < 1.29 is 8.91 Å². The number of rotatable bonds is 5. The molecule has 2 N–H and O–H groups in total. The Hall–Kier alpha value is -1.46. The normalized spacial score (nSPS) is 11.8. The van der Waals surface area contributed by atoms with E-state index in [2.05, 4.69) is 10.1 Å². The molecule has 108 valence electrons. The van der Waals surface area contributed by atoms with Gasteiger partial charge in [0.15, 0.2) is 5.82 Å². The zero-order valence-electron chi connectivity index (χ0n) is 11.5. The van der Waals surface area contributed by atoms with Crippen molar-refractivity contribution in [1.82, 2.24) is 10.1 Å². The lowest BCUT2D eigenvalue weighted by atomic mass is 9.93. The van der Waals surface area contributed by atoms with Gasteiger partial charge in [0.1, 0.15) is 5.82 Å². The van der Waals surface area contributed by atoms with Crippen LogP contribution in [0.15, 0.2) is 22.7 Å². The van der Waals surface area contributed by atoms with Crippen LogP contribution >= 0.6 is 11.6 Å². The fraction of sp³-hybridized carbons (Fsp3) is 0.429. The Balaban J connectivity index is 2.26. The molecular formula is C14H17ClFN3O. The summed E-state index contributed by atoms with van der Waals surface area (Å²) < 4.78 is 18.9. The highest BCUT2D eigenvalue weighted by atomic mass is 35.5. The molecule has 0 atom stereocenters. The molecule has 2 rings (SSSR count). The Morgan fingerprint density at radius 1 is 1.35 bits per heavy atom. The van der Waals surface area contributed by atoms with Crippen molar-refractivity contribution in [3.63, 3.8) is 0 Å². The Morgan fingerprint density at radius 2 is 2.05 bits per heavy atom. The zero-order valence-corrected chi connectivity index (χ0v) is 12.2. The predicted molar refractivity (Wildman–Crippen MR) is 75.0 cm³/mol.